The highest BCUT2D eigenvalue weighted by molar-refractivity contribution is 5.62. The molecule has 0 aromatic carbocycles. The maximum atomic E-state index is 9.04. The average Bonchev–Trinajstić information content (AvgIpc) is 2.30. The van der Waals surface area contributed by atoms with Crippen LogP contribution in [-0.4, -0.2) is 29.8 Å². The zero-order valence-electron chi connectivity index (χ0n) is 9.90. The predicted octanol–water partition coefficient (Wildman–Crippen LogP) is 1.10. The molecule has 0 aliphatic heterocycles. The van der Waals surface area contributed by atoms with Crippen molar-refractivity contribution in [3.8, 4) is 5.88 Å². The molecule has 0 radical (unpaired) electrons. The maximum absolute atomic E-state index is 9.04. The lowest BCUT2D eigenvalue weighted by Crippen LogP contribution is -2.27. The highest BCUT2D eigenvalue weighted by Crippen LogP contribution is 2.21. The van der Waals surface area contributed by atoms with Gasteiger partial charge in [0, 0.05) is 18.7 Å². The Labute approximate surface area is 95.6 Å². The summed E-state index contributed by atoms with van der Waals surface area (Å²) in [7, 11) is 1.56. The van der Waals surface area contributed by atoms with Gasteiger partial charge >= 0.3 is 0 Å². The normalized spacial score (nSPS) is 14.2. The second-order valence-electron chi connectivity index (χ2n) is 3.88. The van der Waals surface area contributed by atoms with E-state index in [1.54, 1.807) is 19.2 Å². The molecule has 1 heterocycles. The van der Waals surface area contributed by atoms with Crippen LogP contribution in [0.25, 0.3) is 0 Å². The van der Waals surface area contributed by atoms with Gasteiger partial charge in [-0.25, -0.2) is 0 Å². The van der Waals surface area contributed by atoms with E-state index in [0.717, 1.165) is 0 Å². The fourth-order valence-corrected chi connectivity index (χ4v) is 1.20. The van der Waals surface area contributed by atoms with Crippen molar-refractivity contribution in [1.29, 1.82) is 0 Å². The van der Waals surface area contributed by atoms with Crippen molar-refractivity contribution in [3.05, 3.63) is 12.1 Å². The SMILES string of the molecule is COc1ccc(N)c(NC(C)C(C)CO)n1. The number of aromatic nitrogens is 1. The number of ether oxygens (including phenoxy) is 1. The van der Waals surface area contributed by atoms with E-state index in [-0.39, 0.29) is 18.6 Å². The van der Waals surface area contributed by atoms with Crippen LogP contribution in [-0.2, 0) is 0 Å². The largest absolute Gasteiger partial charge is 0.481 e. The Balaban J connectivity index is 2.79. The van der Waals surface area contributed by atoms with Crippen LogP contribution in [0.1, 0.15) is 13.8 Å². The summed E-state index contributed by atoms with van der Waals surface area (Å²) in [5.74, 6) is 1.24. The van der Waals surface area contributed by atoms with E-state index in [4.69, 9.17) is 15.6 Å². The highest BCUT2D eigenvalue weighted by Gasteiger charge is 2.13. The minimum Gasteiger partial charge on any atom is -0.481 e. The lowest BCUT2D eigenvalue weighted by molar-refractivity contribution is 0.226. The summed E-state index contributed by atoms with van der Waals surface area (Å²) in [4.78, 5) is 4.21. The van der Waals surface area contributed by atoms with Gasteiger partial charge < -0.3 is 20.9 Å². The zero-order chi connectivity index (χ0) is 12.1. The van der Waals surface area contributed by atoms with Gasteiger partial charge in [0.2, 0.25) is 5.88 Å². The van der Waals surface area contributed by atoms with Gasteiger partial charge in [-0.05, 0) is 18.9 Å². The van der Waals surface area contributed by atoms with Crippen molar-refractivity contribution in [2.45, 2.75) is 19.9 Å². The molecule has 16 heavy (non-hydrogen) atoms. The van der Waals surface area contributed by atoms with Crippen LogP contribution in [0.5, 0.6) is 5.88 Å². The van der Waals surface area contributed by atoms with Gasteiger partial charge in [-0.1, -0.05) is 6.92 Å². The molecule has 0 bridgehead atoms. The number of nitrogens with one attached hydrogen (secondary N) is 1. The standard InChI is InChI=1S/C11H19N3O2/c1-7(6-15)8(2)13-11-9(12)4-5-10(14-11)16-3/h4-5,7-8,15H,6,12H2,1-3H3,(H,13,14). The van der Waals surface area contributed by atoms with Crippen molar-refractivity contribution in [2.24, 2.45) is 5.92 Å². The summed E-state index contributed by atoms with van der Waals surface area (Å²) in [5, 5.41) is 12.2. The summed E-state index contributed by atoms with van der Waals surface area (Å²) in [6, 6.07) is 3.54. The zero-order valence-corrected chi connectivity index (χ0v) is 9.90. The molecule has 1 rings (SSSR count). The van der Waals surface area contributed by atoms with Gasteiger partial charge in [0.15, 0.2) is 5.82 Å². The van der Waals surface area contributed by atoms with Crippen LogP contribution in [0.3, 0.4) is 0 Å². The lowest BCUT2D eigenvalue weighted by Gasteiger charge is -2.20. The van der Waals surface area contributed by atoms with Gasteiger partial charge in [0.05, 0.1) is 12.8 Å². The molecule has 0 saturated carbocycles. The van der Waals surface area contributed by atoms with E-state index in [1.165, 1.54) is 0 Å². The molecule has 2 unspecified atom stereocenters. The van der Waals surface area contributed by atoms with Crippen LogP contribution in [0.4, 0.5) is 11.5 Å². The molecule has 5 heteroatoms. The van der Waals surface area contributed by atoms with E-state index in [9.17, 15) is 0 Å². The van der Waals surface area contributed by atoms with E-state index in [2.05, 4.69) is 10.3 Å². The molecule has 1 aromatic rings. The first-order valence-electron chi connectivity index (χ1n) is 5.26. The first-order chi connectivity index (χ1) is 7.58. The molecule has 0 aliphatic rings. The number of pyridine rings is 1. The van der Waals surface area contributed by atoms with Crippen molar-refractivity contribution >= 4 is 11.5 Å². The van der Waals surface area contributed by atoms with Crippen LogP contribution in [0, 0.1) is 5.92 Å². The minimum absolute atomic E-state index is 0.0897. The third-order valence-electron chi connectivity index (χ3n) is 2.62. The number of anilines is 2. The Kier molecular flexibility index (Phi) is 4.37. The number of hydrogen-bond donors (Lipinski definition) is 3. The van der Waals surface area contributed by atoms with Crippen LogP contribution in [0.2, 0.25) is 0 Å². The van der Waals surface area contributed by atoms with Gasteiger partial charge in [0.1, 0.15) is 0 Å². The van der Waals surface area contributed by atoms with Crippen molar-refractivity contribution in [3.63, 3.8) is 0 Å². The molecule has 90 valence electrons. The third kappa shape index (κ3) is 3.00. The van der Waals surface area contributed by atoms with E-state index in [0.29, 0.717) is 17.4 Å². The highest BCUT2D eigenvalue weighted by atomic mass is 16.5. The number of hydrogen-bond acceptors (Lipinski definition) is 5. The average molecular weight is 225 g/mol. The number of nitrogen functional groups attached to an aromatic ring is 1. The van der Waals surface area contributed by atoms with Crippen molar-refractivity contribution < 1.29 is 9.84 Å². The number of nitrogens with zero attached hydrogens (tertiary/aromatic N) is 1. The molecule has 2 atom stereocenters. The van der Waals surface area contributed by atoms with E-state index >= 15 is 0 Å². The Morgan fingerprint density at radius 2 is 2.19 bits per heavy atom. The molecular formula is C11H19N3O2. The molecule has 5 nitrogen and oxygen atoms in total. The second-order valence-corrected chi connectivity index (χ2v) is 3.88. The lowest BCUT2D eigenvalue weighted by atomic mass is 10.1. The topological polar surface area (TPSA) is 80.4 Å². The maximum Gasteiger partial charge on any atom is 0.215 e. The molecule has 0 saturated heterocycles. The smallest absolute Gasteiger partial charge is 0.215 e. The number of aliphatic hydroxyl groups is 1. The first-order valence-corrected chi connectivity index (χ1v) is 5.26. The number of nitrogens with two attached hydrogens (primary N) is 1. The van der Waals surface area contributed by atoms with Crippen LogP contribution in [0.15, 0.2) is 12.1 Å². The fourth-order valence-electron chi connectivity index (χ4n) is 1.20. The summed E-state index contributed by atoms with van der Waals surface area (Å²) in [6.07, 6.45) is 0. The van der Waals surface area contributed by atoms with Crippen molar-refractivity contribution in [2.75, 3.05) is 24.8 Å². The molecule has 0 fully saturated rings. The molecule has 4 N–H and O–H groups in total. The molecular weight excluding hydrogens is 206 g/mol. The number of methoxy groups -OCH3 is 1. The Morgan fingerprint density at radius 1 is 1.50 bits per heavy atom. The fraction of sp³-hybridized carbons (Fsp3) is 0.545. The number of aliphatic hydroxyl groups excluding tert-OH is 1. The number of rotatable bonds is 5. The summed E-state index contributed by atoms with van der Waals surface area (Å²) in [6.45, 7) is 4.05. The van der Waals surface area contributed by atoms with Crippen LogP contribution < -0.4 is 15.8 Å². The molecule has 0 amide bonds. The molecule has 0 spiro atoms. The summed E-state index contributed by atoms with van der Waals surface area (Å²) < 4.78 is 5.02. The monoisotopic (exact) mass is 225 g/mol. The van der Waals surface area contributed by atoms with Gasteiger partial charge in [-0.3, -0.25) is 0 Å². The molecule has 1 aromatic heterocycles. The first kappa shape index (κ1) is 12.6. The summed E-state index contributed by atoms with van der Waals surface area (Å²) in [5.41, 5.74) is 6.36. The van der Waals surface area contributed by atoms with Gasteiger partial charge in [0.25, 0.3) is 0 Å². The van der Waals surface area contributed by atoms with E-state index in [1.807, 2.05) is 13.8 Å². The van der Waals surface area contributed by atoms with Gasteiger partial charge in [-0.2, -0.15) is 4.98 Å². The predicted molar refractivity (Wildman–Crippen MR) is 64.5 cm³/mol. The van der Waals surface area contributed by atoms with Crippen LogP contribution >= 0.6 is 0 Å². The van der Waals surface area contributed by atoms with E-state index < -0.39 is 0 Å². The second kappa shape index (κ2) is 5.55. The minimum atomic E-state index is 0.0897. The molecule has 0 aliphatic carbocycles. The Hall–Kier alpha value is -1.49. The van der Waals surface area contributed by atoms with Gasteiger partial charge in [-0.15, -0.1) is 0 Å². The van der Waals surface area contributed by atoms with Crippen molar-refractivity contribution in [1.82, 2.24) is 4.98 Å². The third-order valence-corrected chi connectivity index (χ3v) is 2.62. The summed E-state index contributed by atoms with van der Waals surface area (Å²) >= 11 is 0. The Morgan fingerprint density at radius 3 is 2.75 bits per heavy atom. The quantitative estimate of drug-likeness (QED) is 0.699. The Bertz CT molecular complexity index is 344.